The van der Waals surface area contributed by atoms with E-state index in [0.717, 1.165) is 29.4 Å². The number of fused-ring (bicyclic) bond motifs is 1. The molecule has 26 heavy (non-hydrogen) atoms. The minimum atomic E-state index is -0.00585. The van der Waals surface area contributed by atoms with Gasteiger partial charge in [0, 0.05) is 22.6 Å². The highest BCUT2D eigenvalue weighted by Gasteiger charge is 2.17. The van der Waals surface area contributed by atoms with Gasteiger partial charge in [0.1, 0.15) is 18.7 Å². The molecule has 134 valence electrons. The van der Waals surface area contributed by atoms with Gasteiger partial charge in [-0.05, 0) is 31.0 Å². The predicted molar refractivity (Wildman–Crippen MR) is 100 cm³/mol. The van der Waals surface area contributed by atoms with Crippen LogP contribution in [0.3, 0.4) is 0 Å². The Labute approximate surface area is 155 Å². The van der Waals surface area contributed by atoms with Crippen LogP contribution in [-0.2, 0) is 11.3 Å². The van der Waals surface area contributed by atoms with Crippen molar-refractivity contribution in [2.75, 3.05) is 5.32 Å². The van der Waals surface area contributed by atoms with Gasteiger partial charge in [0.25, 0.3) is 0 Å². The van der Waals surface area contributed by atoms with Gasteiger partial charge in [-0.25, -0.2) is 9.97 Å². The Morgan fingerprint density at radius 3 is 2.96 bits per heavy atom. The van der Waals surface area contributed by atoms with Gasteiger partial charge in [-0.1, -0.05) is 24.4 Å². The maximum absolute atomic E-state index is 12.1. The molecule has 1 aliphatic rings. The Bertz CT molecular complexity index is 934. The van der Waals surface area contributed by atoms with Crippen LogP contribution in [0.4, 0.5) is 11.5 Å². The number of nitrogens with one attached hydrogen (secondary N) is 2. The molecule has 1 aromatic carbocycles. The summed E-state index contributed by atoms with van der Waals surface area (Å²) >= 11 is 6.01. The van der Waals surface area contributed by atoms with Crippen LogP contribution < -0.4 is 10.6 Å². The van der Waals surface area contributed by atoms with Crippen LogP contribution >= 0.6 is 11.6 Å². The number of anilines is 2. The first-order valence-corrected chi connectivity index (χ1v) is 9.04. The van der Waals surface area contributed by atoms with Gasteiger partial charge in [-0.3, -0.25) is 9.48 Å². The first-order valence-electron chi connectivity index (χ1n) is 8.66. The molecule has 2 heterocycles. The number of carbonyl (C=O) groups excluding carboxylic acids is 1. The van der Waals surface area contributed by atoms with E-state index < -0.39 is 0 Å². The fourth-order valence-corrected chi connectivity index (χ4v) is 3.44. The molecule has 2 N–H and O–H groups in total. The average Bonchev–Trinajstić information content (AvgIpc) is 3.27. The first kappa shape index (κ1) is 16.8. The number of amides is 1. The van der Waals surface area contributed by atoms with Crippen molar-refractivity contribution in [3.63, 3.8) is 0 Å². The predicted octanol–water partition coefficient (Wildman–Crippen LogP) is 3.28. The van der Waals surface area contributed by atoms with Crippen LogP contribution in [0.2, 0.25) is 5.02 Å². The highest BCUT2D eigenvalue weighted by atomic mass is 35.5. The van der Waals surface area contributed by atoms with Crippen LogP contribution in [0.25, 0.3) is 10.9 Å². The van der Waals surface area contributed by atoms with E-state index >= 15 is 0 Å². The number of benzene rings is 1. The maximum atomic E-state index is 12.1. The Morgan fingerprint density at radius 2 is 2.12 bits per heavy atom. The fraction of sp³-hybridized carbons (Fsp3) is 0.333. The van der Waals surface area contributed by atoms with E-state index in [1.807, 2.05) is 6.07 Å². The molecular weight excluding hydrogens is 352 g/mol. The van der Waals surface area contributed by atoms with Crippen molar-refractivity contribution in [3.8, 4) is 0 Å². The highest BCUT2D eigenvalue weighted by molar-refractivity contribution is 6.31. The van der Waals surface area contributed by atoms with Crippen molar-refractivity contribution in [2.45, 2.75) is 38.3 Å². The van der Waals surface area contributed by atoms with Gasteiger partial charge < -0.3 is 10.6 Å². The van der Waals surface area contributed by atoms with Crippen LogP contribution in [-0.4, -0.2) is 31.7 Å². The standard InChI is InChI=1S/C18H19ClN6O/c19-12-5-6-15-16(7-12)20-11-21-18(15)24-14-8-22-25(9-14)10-17(26)23-13-3-1-2-4-13/h5-9,11,13H,1-4,10H2,(H,23,26)(H,20,21,24). The van der Waals surface area contributed by atoms with Crippen molar-refractivity contribution in [1.82, 2.24) is 25.1 Å². The van der Waals surface area contributed by atoms with Crippen LogP contribution in [0.1, 0.15) is 25.7 Å². The third-order valence-electron chi connectivity index (χ3n) is 4.52. The summed E-state index contributed by atoms with van der Waals surface area (Å²) in [4.78, 5) is 20.6. The summed E-state index contributed by atoms with van der Waals surface area (Å²) in [6.07, 6.45) is 9.48. The Morgan fingerprint density at radius 1 is 1.27 bits per heavy atom. The molecule has 1 amide bonds. The van der Waals surface area contributed by atoms with E-state index in [4.69, 9.17) is 11.6 Å². The minimum absolute atomic E-state index is 0.00585. The first-order chi connectivity index (χ1) is 12.7. The monoisotopic (exact) mass is 370 g/mol. The van der Waals surface area contributed by atoms with Gasteiger partial charge in [0.15, 0.2) is 0 Å². The van der Waals surface area contributed by atoms with Crippen LogP contribution in [0.5, 0.6) is 0 Å². The summed E-state index contributed by atoms with van der Waals surface area (Å²) in [6, 6.07) is 5.78. The molecule has 0 bridgehead atoms. The quantitative estimate of drug-likeness (QED) is 0.720. The van der Waals surface area contributed by atoms with Gasteiger partial charge in [-0.2, -0.15) is 5.10 Å². The lowest BCUT2D eigenvalue weighted by molar-refractivity contribution is -0.122. The van der Waals surface area contributed by atoms with Crippen molar-refractivity contribution in [3.05, 3.63) is 41.9 Å². The van der Waals surface area contributed by atoms with Gasteiger partial charge in [0.05, 0.1) is 17.4 Å². The minimum Gasteiger partial charge on any atom is -0.352 e. The molecule has 0 atom stereocenters. The Hall–Kier alpha value is -2.67. The molecule has 3 aromatic rings. The second-order valence-electron chi connectivity index (χ2n) is 6.48. The van der Waals surface area contributed by atoms with E-state index in [-0.39, 0.29) is 12.5 Å². The topological polar surface area (TPSA) is 84.7 Å². The molecule has 4 rings (SSSR count). The molecule has 0 saturated heterocycles. The number of aromatic nitrogens is 4. The number of carbonyl (C=O) groups is 1. The zero-order chi connectivity index (χ0) is 17.9. The van der Waals surface area contributed by atoms with Gasteiger partial charge in [0.2, 0.25) is 5.91 Å². The zero-order valence-electron chi connectivity index (χ0n) is 14.2. The van der Waals surface area contributed by atoms with Crippen molar-refractivity contribution >= 4 is 39.9 Å². The van der Waals surface area contributed by atoms with Crippen molar-refractivity contribution in [1.29, 1.82) is 0 Å². The van der Waals surface area contributed by atoms with Gasteiger partial charge >= 0.3 is 0 Å². The summed E-state index contributed by atoms with van der Waals surface area (Å²) in [5, 5.41) is 12.0. The van der Waals surface area contributed by atoms with Crippen molar-refractivity contribution < 1.29 is 4.79 Å². The summed E-state index contributed by atoms with van der Waals surface area (Å²) in [5.41, 5.74) is 1.52. The number of nitrogens with zero attached hydrogens (tertiary/aromatic N) is 4. The molecule has 0 aliphatic heterocycles. The van der Waals surface area contributed by atoms with Crippen LogP contribution in [0, 0.1) is 0 Å². The summed E-state index contributed by atoms with van der Waals surface area (Å²) in [5.74, 6) is 0.662. The third kappa shape index (κ3) is 3.77. The Balaban J connectivity index is 1.44. The molecule has 1 fully saturated rings. The fourth-order valence-electron chi connectivity index (χ4n) is 3.27. The summed E-state index contributed by atoms with van der Waals surface area (Å²) in [7, 11) is 0. The highest BCUT2D eigenvalue weighted by Crippen LogP contribution is 2.25. The second kappa shape index (κ2) is 7.29. The molecule has 0 radical (unpaired) electrons. The normalized spacial score (nSPS) is 14.7. The lowest BCUT2D eigenvalue weighted by Crippen LogP contribution is -2.35. The zero-order valence-corrected chi connectivity index (χ0v) is 14.9. The Kier molecular flexibility index (Phi) is 4.71. The maximum Gasteiger partial charge on any atom is 0.241 e. The number of hydrogen-bond donors (Lipinski definition) is 2. The van der Waals surface area contributed by atoms with Crippen molar-refractivity contribution in [2.24, 2.45) is 0 Å². The van der Waals surface area contributed by atoms with Gasteiger partial charge in [-0.15, -0.1) is 0 Å². The lowest BCUT2D eigenvalue weighted by atomic mass is 10.2. The van der Waals surface area contributed by atoms with Crippen LogP contribution in [0.15, 0.2) is 36.9 Å². The SMILES string of the molecule is O=C(Cn1cc(Nc2ncnc3cc(Cl)ccc23)cn1)NC1CCCC1. The smallest absolute Gasteiger partial charge is 0.241 e. The van der Waals surface area contributed by atoms with E-state index in [2.05, 4.69) is 25.7 Å². The molecule has 1 saturated carbocycles. The molecule has 0 spiro atoms. The third-order valence-corrected chi connectivity index (χ3v) is 4.76. The van der Waals surface area contributed by atoms with E-state index in [9.17, 15) is 4.79 Å². The van der Waals surface area contributed by atoms with E-state index in [1.165, 1.54) is 19.2 Å². The summed E-state index contributed by atoms with van der Waals surface area (Å²) < 4.78 is 1.62. The van der Waals surface area contributed by atoms with E-state index in [1.54, 1.807) is 29.2 Å². The summed E-state index contributed by atoms with van der Waals surface area (Å²) in [6.45, 7) is 0.207. The molecule has 8 heteroatoms. The van der Waals surface area contributed by atoms with E-state index in [0.29, 0.717) is 16.9 Å². The molecule has 7 nitrogen and oxygen atoms in total. The number of halogens is 1. The molecular formula is C18H19ClN6O. The average molecular weight is 371 g/mol. The number of hydrogen-bond acceptors (Lipinski definition) is 5. The lowest BCUT2D eigenvalue weighted by Gasteiger charge is -2.11. The molecule has 1 aliphatic carbocycles. The second-order valence-corrected chi connectivity index (χ2v) is 6.92. The largest absolute Gasteiger partial charge is 0.352 e. The molecule has 0 unspecified atom stereocenters. The molecule has 2 aromatic heterocycles. The number of rotatable bonds is 5.